The van der Waals surface area contributed by atoms with Gasteiger partial charge in [0.15, 0.2) is 5.82 Å². The van der Waals surface area contributed by atoms with Gasteiger partial charge in [-0.2, -0.15) is 0 Å². The number of carbonyl (C=O) groups excluding carboxylic acids is 1. The Balaban J connectivity index is 1.41. The van der Waals surface area contributed by atoms with Gasteiger partial charge in [0, 0.05) is 19.2 Å². The number of piperidine rings is 1. The molecule has 2 aromatic rings. The molecule has 1 saturated heterocycles. The molecule has 1 aliphatic heterocycles. The van der Waals surface area contributed by atoms with Crippen LogP contribution in [0, 0.1) is 5.92 Å². The Bertz CT molecular complexity index is 575. The average Bonchev–Trinajstić information content (AvgIpc) is 3.07. The number of nitrogens with zero attached hydrogens (tertiary/aromatic N) is 2. The van der Waals surface area contributed by atoms with Crippen LogP contribution in [0.15, 0.2) is 47.2 Å². The van der Waals surface area contributed by atoms with Gasteiger partial charge >= 0.3 is 6.03 Å². The summed E-state index contributed by atoms with van der Waals surface area (Å²) in [4.78, 5) is 13.9. The molecule has 0 radical (unpaired) electrons. The highest BCUT2D eigenvalue weighted by atomic mass is 16.5. The molecular weight excluding hydrogens is 278 g/mol. The van der Waals surface area contributed by atoms with Gasteiger partial charge in [0.2, 0.25) is 0 Å². The summed E-state index contributed by atoms with van der Waals surface area (Å²) in [5.74, 6) is 1.17. The molecule has 0 atom stereocenters. The van der Waals surface area contributed by atoms with E-state index in [9.17, 15) is 4.79 Å². The molecule has 0 saturated carbocycles. The zero-order chi connectivity index (χ0) is 15.2. The van der Waals surface area contributed by atoms with Gasteiger partial charge in [0.25, 0.3) is 0 Å². The van der Waals surface area contributed by atoms with Crippen LogP contribution in [0.4, 0.5) is 10.6 Å². The zero-order valence-electron chi connectivity index (χ0n) is 12.6. The summed E-state index contributed by atoms with van der Waals surface area (Å²) >= 11 is 0. The third-order valence-corrected chi connectivity index (χ3v) is 4.26. The highest BCUT2D eigenvalue weighted by molar-refractivity contribution is 5.88. The van der Waals surface area contributed by atoms with Crippen molar-refractivity contribution in [1.29, 1.82) is 0 Å². The van der Waals surface area contributed by atoms with E-state index in [1.54, 1.807) is 6.07 Å². The first-order chi connectivity index (χ1) is 10.8. The number of nitrogens with one attached hydrogen (secondary N) is 1. The molecule has 1 aromatic heterocycles. The summed E-state index contributed by atoms with van der Waals surface area (Å²) in [7, 11) is 0. The van der Waals surface area contributed by atoms with E-state index in [1.165, 1.54) is 18.2 Å². The van der Waals surface area contributed by atoms with E-state index < -0.39 is 0 Å². The number of anilines is 1. The van der Waals surface area contributed by atoms with Crippen molar-refractivity contribution in [2.75, 3.05) is 18.4 Å². The molecule has 5 nitrogen and oxygen atoms in total. The summed E-state index contributed by atoms with van der Waals surface area (Å²) < 4.78 is 4.71. The lowest BCUT2D eigenvalue weighted by atomic mass is 9.91. The fourth-order valence-corrected chi connectivity index (χ4v) is 2.91. The van der Waals surface area contributed by atoms with E-state index in [-0.39, 0.29) is 6.03 Å². The van der Waals surface area contributed by atoms with Crippen LogP contribution in [-0.2, 0) is 6.42 Å². The summed E-state index contributed by atoms with van der Waals surface area (Å²) in [6.07, 6.45) is 5.91. The molecule has 0 spiro atoms. The normalized spacial score (nSPS) is 15.7. The standard InChI is InChI=1S/C17H21N3O2/c21-17(18-16-10-13-22-19-16)20-11-8-15(9-12-20)7-6-14-4-2-1-3-5-14/h1-5,10,13,15H,6-9,11-12H2,(H,18,19,21). The molecule has 1 fully saturated rings. The number of aryl methyl sites for hydroxylation is 1. The number of benzene rings is 1. The smallest absolute Gasteiger partial charge is 0.323 e. The van der Waals surface area contributed by atoms with E-state index in [4.69, 9.17) is 4.52 Å². The third-order valence-electron chi connectivity index (χ3n) is 4.26. The molecule has 1 aromatic carbocycles. The van der Waals surface area contributed by atoms with Gasteiger partial charge in [-0.25, -0.2) is 4.79 Å². The van der Waals surface area contributed by atoms with Crippen LogP contribution in [-0.4, -0.2) is 29.2 Å². The molecule has 3 rings (SSSR count). The maximum atomic E-state index is 12.1. The fraction of sp³-hybridized carbons (Fsp3) is 0.412. The van der Waals surface area contributed by atoms with Crippen molar-refractivity contribution < 1.29 is 9.32 Å². The number of carbonyl (C=O) groups is 1. The highest BCUT2D eigenvalue weighted by Crippen LogP contribution is 2.22. The first-order valence-electron chi connectivity index (χ1n) is 7.81. The Morgan fingerprint density at radius 2 is 2.00 bits per heavy atom. The van der Waals surface area contributed by atoms with Crippen LogP contribution in [0.5, 0.6) is 0 Å². The van der Waals surface area contributed by atoms with Gasteiger partial charge in [-0.15, -0.1) is 0 Å². The zero-order valence-corrected chi connectivity index (χ0v) is 12.6. The maximum Gasteiger partial charge on any atom is 0.323 e. The molecule has 2 heterocycles. The van der Waals surface area contributed by atoms with Crippen molar-refractivity contribution >= 4 is 11.8 Å². The Morgan fingerprint density at radius 3 is 2.68 bits per heavy atom. The fourth-order valence-electron chi connectivity index (χ4n) is 2.91. The van der Waals surface area contributed by atoms with E-state index in [0.29, 0.717) is 11.7 Å². The highest BCUT2D eigenvalue weighted by Gasteiger charge is 2.23. The molecule has 2 amide bonds. The van der Waals surface area contributed by atoms with Crippen molar-refractivity contribution in [2.45, 2.75) is 25.7 Å². The van der Waals surface area contributed by atoms with Crippen molar-refractivity contribution in [1.82, 2.24) is 10.1 Å². The predicted molar refractivity (Wildman–Crippen MR) is 84.6 cm³/mol. The second kappa shape index (κ2) is 7.11. The van der Waals surface area contributed by atoms with Gasteiger partial charge < -0.3 is 9.42 Å². The monoisotopic (exact) mass is 299 g/mol. The summed E-state index contributed by atoms with van der Waals surface area (Å²) in [6.45, 7) is 1.62. The first kappa shape index (κ1) is 14.6. The van der Waals surface area contributed by atoms with Crippen molar-refractivity contribution in [3.05, 3.63) is 48.2 Å². The number of amides is 2. The SMILES string of the molecule is O=C(Nc1ccon1)N1CCC(CCc2ccccc2)CC1. The van der Waals surface area contributed by atoms with Crippen molar-refractivity contribution in [3.8, 4) is 0 Å². The number of urea groups is 1. The maximum absolute atomic E-state index is 12.1. The Morgan fingerprint density at radius 1 is 1.23 bits per heavy atom. The number of rotatable bonds is 4. The molecule has 116 valence electrons. The lowest BCUT2D eigenvalue weighted by molar-refractivity contribution is 0.180. The Kier molecular flexibility index (Phi) is 4.73. The lowest BCUT2D eigenvalue weighted by Gasteiger charge is -2.31. The number of hydrogen-bond donors (Lipinski definition) is 1. The second-order valence-electron chi connectivity index (χ2n) is 5.77. The van der Waals surface area contributed by atoms with E-state index in [1.807, 2.05) is 4.90 Å². The molecule has 0 bridgehead atoms. The van der Waals surface area contributed by atoms with E-state index >= 15 is 0 Å². The Hall–Kier alpha value is -2.30. The molecule has 0 unspecified atom stereocenters. The second-order valence-corrected chi connectivity index (χ2v) is 5.77. The molecule has 0 aliphatic carbocycles. The largest absolute Gasteiger partial charge is 0.363 e. The average molecular weight is 299 g/mol. The number of hydrogen-bond acceptors (Lipinski definition) is 3. The van der Waals surface area contributed by atoms with Gasteiger partial charge in [0.1, 0.15) is 6.26 Å². The van der Waals surface area contributed by atoms with Crippen LogP contribution in [0.25, 0.3) is 0 Å². The quantitative estimate of drug-likeness (QED) is 0.939. The lowest BCUT2D eigenvalue weighted by Crippen LogP contribution is -2.41. The number of aromatic nitrogens is 1. The third kappa shape index (κ3) is 3.87. The van der Waals surface area contributed by atoms with Crippen molar-refractivity contribution in [3.63, 3.8) is 0 Å². The van der Waals surface area contributed by atoms with Crippen LogP contribution < -0.4 is 5.32 Å². The minimum Gasteiger partial charge on any atom is -0.363 e. The minimum atomic E-state index is -0.0876. The van der Waals surface area contributed by atoms with Crippen LogP contribution in [0.1, 0.15) is 24.8 Å². The summed E-state index contributed by atoms with van der Waals surface area (Å²) in [6, 6.07) is 12.1. The van der Waals surface area contributed by atoms with Gasteiger partial charge in [-0.1, -0.05) is 35.5 Å². The first-order valence-corrected chi connectivity index (χ1v) is 7.81. The predicted octanol–water partition coefficient (Wildman–Crippen LogP) is 3.55. The van der Waals surface area contributed by atoms with Gasteiger partial charge in [-0.05, 0) is 37.2 Å². The minimum absolute atomic E-state index is 0.0876. The van der Waals surface area contributed by atoms with Gasteiger partial charge in [-0.3, -0.25) is 5.32 Å². The molecule has 1 aliphatic rings. The molecule has 22 heavy (non-hydrogen) atoms. The topological polar surface area (TPSA) is 58.4 Å². The van der Waals surface area contributed by atoms with Gasteiger partial charge in [0.05, 0.1) is 0 Å². The van der Waals surface area contributed by atoms with E-state index in [0.717, 1.165) is 32.4 Å². The molecule has 5 heteroatoms. The van der Waals surface area contributed by atoms with Crippen LogP contribution in [0.3, 0.4) is 0 Å². The van der Waals surface area contributed by atoms with Crippen molar-refractivity contribution in [2.24, 2.45) is 5.92 Å². The van der Waals surface area contributed by atoms with Crippen LogP contribution in [0.2, 0.25) is 0 Å². The van der Waals surface area contributed by atoms with E-state index in [2.05, 4.69) is 40.8 Å². The summed E-state index contributed by atoms with van der Waals surface area (Å²) in [5, 5.41) is 6.44. The number of likely N-dealkylation sites (tertiary alicyclic amines) is 1. The molecular formula is C17H21N3O2. The Labute approximate surface area is 130 Å². The van der Waals surface area contributed by atoms with Crippen LogP contribution >= 0.6 is 0 Å². The molecule has 1 N–H and O–H groups in total. The summed E-state index contributed by atoms with van der Waals surface area (Å²) in [5.41, 5.74) is 1.40.